The molecule has 0 radical (unpaired) electrons. The van der Waals surface area contributed by atoms with Gasteiger partial charge in [0, 0.05) is 13.1 Å². The summed E-state index contributed by atoms with van der Waals surface area (Å²) in [6.07, 6.45) is 2.81. The van der Waals surface area contributed by atoms with Gasteiger partial charge in [0.05, 0.1) is 0 Å². The van der Waals surface area contributed by atoms with Crippen LogP contribution in [0.25, 0.3) is 0 Å². The van der Waals surface area contributed by atoms with Gasteiger partial charge in [0.2, 0.25) is 0 Å². The minimum Gasteiger partial charge on any atom is -0.303 e. The van der Waals surface area contributed by atoms with E-state index in [0.29, 0.717) is 10.8 Å². The molecule has 1 aliphatic rings. The smallest absolute Gasteiger partial charge is 0.00302 e. The highest BCUT2D eigenvalue weighted by molar-refractivity contribution is 4.83. The van der Waals surface area contributed by atoms with Gasteiger partial charge < -0.3 is 4.90 Å². The van der Waals surface area contributed by atoms with E-state index in [-0.39, 0.29) is 0 Å². The number of nitrogens with zero attached hydrogens (tertiary/aromatic N) is 1. The van der Waals surface area contributed by atoms with Gasteiger partial charge in [0.25, 0.3) is 0 Å². The molecule has 0 N–H and O–H groups in total. The van der Waals surface area contributed by atoms with Crippen molar-refractivity contribution in [3.05, 3.63) is 0 Å². The van der Waals surface area contributed by atoms with Gasteiger partial charge in [-0.1, -0.05) is 41.5 Å². The van der Waals surface area contributed by atoms with E-state index in [2.05, 4.69) is 46.4 Å². The van der Waals surface area contributed by atoms with E-state index in [1.807, 2.05) is 0 Å². The third-order valence-electron chi connectivity index (χ3n) is 3.43. The molecule has 1 nitrogen and oxygen atoms in total. The van der Waals surface area contributed by atoms with Crippen LogP contribution in [0, 0.1) is 16.7 Å². The normalized spacial score (nSPS) is 25.6. The Hall–Kier alpha value is -0.0400. The number of hydrogen-bond acceptors (Lipinski definition) is 1. The van der Waals surface area contributed by atoms with E-state index >= 15 is 0 Å². The monoisotopic (exact) mass is 211 g/mol. The summed E-state index contributed by atoms with van der Waals surface area (Å²) < 4.78 is 0. The van der Waals surface area contributed by atoms with Crippen LogP contribution < -0.4 is 0 Å². The molecule has 15 heavy (non-hydrogen) atoms. The van der Waals surface area contributed by atoms with Gasteiger partial charge >= 0.3 is 0 Å². The van der Waals surface area contributed by atoms with Crippen molar-refractivity contribution in [2.75, 3.05) is 19.6 Å². The van der Waals surface area contributed by atoms with E-state index in [1.54, 1.807) is 0 Å². The molecular weight excluding hydrogens is 182 g/mol. The van der Waals surface area contributed by atoms with Crippen LogP contribution >= 0.6 is 0 Å². The highest BCUT2D eigenvalue weighted by Gasteiger charge is 2.30. The van der Waals surface area contributed by atoms with Crippen molar-refractivity contribution < 1.29 is 0 Å². The zero-order valence-corrected chi connectivity index (χ0v) is 11.6. The quantitative estimate of drug-likeness (QED) is 0.638. The number of rotatable bonds is 1. The maximum atomic E-state index is 2.67. The second kappa shape index (κ2) is 4.45. The van der Waals surface area contributed by atoms with Crippen LogP contribution in [-0.2, 0) is 0 Å². The first-order valence-corrected chi connectivity index (χ1v) is 6.41. The lowest BCUT2D eigenvalue weighted by Crippen LogP contribution is -2.43. The fourth-order valence-corrected chi connectivity index (χ4v) is 2.58. The van der Waals surface area contributed by atoms with Gasteiger partial charge in [-0.05, 0) is 36.1 Å². The van der Waals surface area contributed by atoms with E-state index in [4.69, 9.17) is 0 Å². The van der Waals surface area contributed by atoms with Crippen LogP contribution in [0.1, 0.15) is 54.4 Å². The molecule has 0 aliphatic carbocycles. The lowest BCUT2D eigenvalue weighted by Gasteiger charge is -2.41. The Morgan fingerprint density at radius 1 is 1.07 bits per heavy atom. The molecule has 0 spiro atoms. The number of hydrogen-bond donors (Lipinski definition) is 0. The Bertz CT molecular complexity index is 194. The zero-order chi connectivity index (χ0) is 11.7. The molecule has 90 valence electrons. The highest BCUT2D eigenvalue weighted by atomic mass is 15.1. The Morgan fingerprint density at radius 3 is 2.13 bits per heavy atom. The first-order valence-electron chi connectivity index (χ1n) is 6.41. The highest BCUT2D eigenvalue weighted by Crippen LogP contribution is 2.34. The van der Waals surface area contributed by atoms with Crippen LogP contribution in [0.2, 0.25) is 0 Å². The SMILES string of the molecule is CC(C)(C)CN1CCCC(C(C)(C)C)C1. The maximum absolute atomic E-state index is 2.67. The Morgan fingerprint density at radius 2 is 1.67 bits per heavy atom. The molecule has 0 amide bonds. The molecule has 0 aromatic rings. The largest absolute Gasteiger partial charge is 0.303 e. The Balaban J connectivity index is 2.50. The summed E-state index contributed by atoms with van der Waals surface area (Å²) in [5, 5.41) is 0. The average molecular weight is 211 g/mol. The molecule has 0 saturated carbocycles. The molecule has 1 aliphatic heterocycles. The molecule has 0 bridgehead atoms. The molecule has 1 heteroatoms. The summed E-state index contributed by atoms with van der Waals surface area (Å²) in [6.45, 7) is 18.0. The zero-order valence-electron chi connectivity index (χ0n) is 11.6. The maximum Gasteiger partial charge on any atom is 0.00302 e. The second-order valence-corrected chi connectivity index (χ2v) is 7.50. The predicted molar refractivity (Wildman–Crippen MR) is 68.1 cm³/mol. The van der Waals surface area contributed by atoms with Crippen molar-refractivity contribution in [2.24, 2.45) is 16.7 Å². The number of likely N-dealkylation sites (tertiary alicyclic amines) is 1. The van der Waals surface area contributed by atoms with E-state index in [9.17, 15) is 0 Å². The van der Waals surface area contributed by atoms with Crippen LogP contribution in [0.15, 0.2) is 0 Å². The van der Waals surface area contributed by atoms with Crippen molar-refractivity contribution in [1.82, 2.24) is 4.90 Å². The van der Waals surface area contributed by atoms with Crippen LogP contribution in [0.4, 0.5) is 0 Å². The van der Waals surface area contributed by atoms with Crippen molar-refractivity contribution in [3.63, 3.8) is 0 Å². The fourth-order valence-electron chi connectivity index (χ4n) is 2.58. The van der Waals surface area contributed by atoms with Crippen molar-refractivity contribution >= 4 is 0 Å². The lowest BCUT2D eigenvalue weighted by molar-refractivity contribution is 0.0753. The Labute approximate surface area is 96.2 Å². The van der Waals surface area contributed by atoms with E-state index in [1.165, 1.54) is 32.5 Å². The summed E-state index contributed by atoms with van der Waals surface area (Å²) in [4.78, 5) is 2.67. The van der Waals surface area contributed by atoms with Crippen LogP contribution in [0.3, 0.4) is 0 Å². The molecular formula is C14H29N. The van der Waals surface area contributed by atoms with Crippen LogP contribution in [-0.4, -0.2) is 24.5 Å². The number of piperidine rings is 1. The molecule has 1 saturated heterocycles. The fraction of sp³-hybridized carbons (Fsp3) is 1.00. The van der Waals surface area contributed by atoms with Gasteiger partial charge in [-0.2, -0.15) is 0 Å². The van der Waals surface area contributed by atoms with E-state index < -0.39 is 0 Å². The van der Waals surface area contributed by atoms with Gasteiger partial charge in [-0.3, -0.25) is 0 Å². The molecule has 1 atom stereocenters. The van der Waals surface area contributed by atoms with Gasteiger partial charge in [-0.15, -0.1) is 0 Å². The Kier molecular flexibility index (Phi) is 3.86. The van der Waals surface area contributed by atoms with Crippen molar-refractivity contribution in [3.8, 4) is 0 Å². The minimum atomic E-state index is 0.444. The minimum absolute atomic E-state index is 0.444. The first kappa shape index (κ1) is 13.0. The standard InChI is InChI=1S/C14H29N/c1-13(2,3)11-15-9-7-8-12(10-15)14(4,5)6/h12H,7-11H2,1-6H3. The topological polar surface area (TPSA) is 3.24 Å². The lowest BCUT2D eigenvalue weighted by atomic mass is 9.76. The molecule has 0 aromatic carbocycles. The average Bonchev–Trinajstić information content (AvgIpc) is 1.99. The van der Waals surface area contributed by atoms with E-state index in [0.717, 1.165) is 5.92 Å². The van der Waals surface area contributed by atoms with Gasteiger partial charge in [0.15, 0.2) is 0 Å². The molecule has 1 rings (SSSR count). The molecule has 1 unspecified atom stereocenters. The van der Waals surface area contributed by atoms with Crippen LogP contribution in [0.5, 0.6) is 0 Å². The summed E-state index contributed by atoms with van der Waals surface area (Å²) in [7, 11) is 0. The summed E-state index contributed by atoms with van der Waals surface area (Å²) in [5.41, 5.74) is 0.927. The van der Waals surface area contributed by atoms with Gasteiger partial charge in [0.1, 0.15) is 0 Å². The third-order valence-corrected chi connectivity index (χ3v) is 3.43. The molecule has 0 aromatic heterocycles. The third kappa shape index (κ3) is 4.55. The van der Waals surface area contributed by atoms with Crippen molar-refractivity contribution in [2.45, 2.75) is 54.4 Å². The predicted octanol–water partition coefficient (Wildman–Crippen LogP) is 3.79. The summed E-state index contributed by atoms with van der Waals surface area (Å²) >= 11 is 0. The molecule has 1 fully saturated rings. The van der Waals surface area contributed by atoms with Gasteiger partial charge in [-0.25, -0.2) is 0 Å². The second-order valence-electron chi connectivity index (χ2n) is 7.50. The molecule has 1 heterocycles. The summed E-state index contributed by atoms with van der Waals surface area (Å²) in [5.74, 6) is 0.883. The first-order chi connectivity index (χ1) is 6.68. The van der Waals surface area contributed by atoms with Crippen molar-refractivity contribution in [1.29, 1.82) is 0 Å². The summed E-state index contributed by atoms with van der Waals surface area (Å²) in [6, 6.07) is 0.